The molecule has 0 bridgehead atoms. The van der Waals surface area contributed by atoms with Crippen LogP contribution >= 0.6 is 11.6 Å². The summed E-state index contributed by atoms with van der Waals surface area (Å²) in [6, 6.07) is 6.42. The number of hydrogen-bond donors (Lipinski definition) is 1. The molecular weight excluding hydrogens is 418 g/mol. The van der Waals surface area contributed by atoms with Gasteiger partial charge in [-0.15, -0.1) is 0 Å². The van der Waals surface area contributed by atoms with Gasteiger partial charge in [-0.1, -0.05) is 11.6 Å². The van der Waals surface area contributed by atoms with Crippen molar-refractivity contribution in [3.8, 4) is 11.3 Å². The van der Waals surface area contributed by atoms with E-state index in [-0.39, 0.29) is 42.8 Å². The maximum atomic E-state index is 12.4. The Kier molecular flexibility index (Phi) is 6.59. The van der Waals surface area contributed by atoms with Crippen LogP contribution in [0.1, 0.15) is 19.2 Å². The minimum atomic E-state index is -3.06. The van der Waals surface area contributed by atoms with Crippen molar-refractivity contribution in [2.24, 2.45) is 0 Å². The number of hydrogen-bond acceptors (Lipinski definition) is 6. The number of nitrogens with zero attached hydrogens (tertiary/aromatic N) is 2. The van der Waals surface area contributed by atoms with Crippen LogP contribution in [0.25, 0.3) is 11.3 Å². The van der Waals surface area contributed by atoms with Gasteiger partial charge in [-0.25, -0.2) is 13.4 Å². The summed E-state index contributed by atoms with van der Waals surface area (Å²) in [4.78, 5) is 30.2. The number of sulfone groups is 1. The first-order valence-electron chi connectivity index (χ1n) is 9.23. The van der Waals surface area contributed by atoms with Crippen LogP contribution in [0.5, 0.6) is 0 Å². The van der Waals surface area contributed by atoms with Crippen molar-refractivity contribution < 1.29 is 22.4 Å². The fraction of sp³-hybridized carbons (Fsp3) is 0.421. The van der Waals surface area contributed by atoms with Gasteiger partial charge in [0.25, 0.3) is 0 Å². The number of aryl methyl sites for hydroxylation is 1. The van der Waals surface area contributed by atoms with Crippen LogP contribution in [-0.4, -0.2) is 60.8 Å². The number of carbonyl (C=O) groups is 2. The van der Waals surface area contributed by atoms with E-state index in [0.717, 1.165) is 5.56 Å². The second-order valence-corrected chi connectivity index (χ2v) is 9.63. The highest BCUT2D eigenvalue weighted by Crippen LogP contribution is 2.22. The third-order valence-corrected chi connectivity index (χ3v) is 6.51. The molecule has 3 rings (SSSR count). The maximum Gasteiger partial charge on any atom is 0.244 e. The summed E-state index contributed by atoms with van der Waals surface area (Å²) in [5.74, 6) is 0.334. The van der Waals surface area contributed by atoms with Gasteiger partial charge >= 0.3 is 0 Å². The van der Waals surface area contributed by atoms with Gasteiger partial charge in [-0.05, 0) is 31.2 Å². The number of rotatable bonds is 6. The predicted octanol–water partition coefficient (Wildman–Crippen LogP) is 1.69. The Morgan fingerprint density at radius 2 is 1.90 bits per heavy atom. The molecule has 1 aliphatic heterocycles. The summed E-state index contributed by atoms with van der Waals surface area (Å²) in [5.41, 5.74) is 0.834. The zero-order chi connectivity index (χ0) is 21.0. The highest BCUT2D eigenvalue weighted by Gasteiger charge is 2.28. The summed E-state index contributed by atoms with van der Waals surface area (Å²) in [6.07, 6.45) is 2.00. The first-order valence-corrected chi connectivity index (χ1v) is 11.4. The van der Waals surface area contributed by atoms with Crippen LogP contribution in [0.4, 0.5) is 0 Å². The number of aromatic nitrogens is 1. The molecule has 0 aliphatic carbocycles. The van der Waals surface area contributed by atoms with Gasteiger partial charge < -0.3 is 14.6 Å². The highest BCUT2D eigenvalue weighted by molar-refractivity contribution is 7.91. The Morgan fingerprint density at radius 3 is 2.55 bits per heavy atom. The molecule has 29 heavy (non-hydrogen) atoms. The monoisotopic (exact) mass is 439 g/mol. The molecular formula is C19H22ClN3O5S. The van der Waals surface area contributed by atoms with Gasteiger partial charge in [0.15, 0.2) is 21.5 Å². The smallest absolute Gasteiger partial charge is 0.244 e. The molecule has 1 aromatic heterocycles. The molecule has 8 nitrogen and oxygen atoms in total. The van der Waals surface area contributed by atoms with E-state index < -0.39 is 15.9 Å². The Hall–Kier alpha value is -2.39. The standard InChI is InChI=1S/C19H22ClN3O5S/c1-13(19(25)23-8-10-29(26,27)11-9-23)22-17(24)6-7-18-21-12-16(28-18)14-2-4-15(20)5-3-14/h2-5,12-13H,6-11H2,1H3,(H,22,24). The highest BCUT2D eigenvalue weighted by atomic mass is 35.5. The van der Waals surface area contributed by atoms with Gasteiger partial charge in [-0.3, -0.25) is 9.59 Å². The lowest BCUT2D eigenvalue weighted by Gasteiger charge is -2.29. The molecule has 2 amide bonds. The summed E-state index contributed by atoms with van der Waals surface area (Å²) in [5, 5.41) is 3.27. The van der Waals surface area contributed by atoms with Gasteiger partial charge in [0.05, 0.1) is 17.7 Å². The van der Waals surface area contributed by atoms with Crippen LogP contribution in [0.3, 0.4) is 0 Å². The molecule has 1 aromatic carbocycles. The van der Waals surface area contributed by atoms with Crippen LogP contribution in [0.2, 0.25) is 5.02 Å². The van der Waals surface area contributed by atoms with E-state index in [1.54, 1.807) is 25.3 Å². The first-order chi connectivity index (χ1) is 13.7. The van der Waals surface area contributed by atoms with Crippen LogP contribution < -0.4 is 5.32 Å². The predicted molar refractivity (Wildman–Crippen MR) is 108 cm³/mol. The maximum absolute atomic E-state index is 12.4. The Bertz CT molecular complexity index is 974. The van der Waals surface area contributed by atoms with Crippen molar-refractivity contribution in [3.63, 3.8) is 0 Å². The Morgan fingerprint density at radius 1 is 1.24 bits per heavy atom. The number of nitrogens with one attached hydrogen (secondary N) is 1. The fourth-order valence-corrected chi connectivity index (χ4v) is 4.30. The minimum absolute atomic E-state index is 0.0421. The molecule has 1 aliphatic rings. The lowest BCUT2D eigenvalue weighted by molar-refractivity contribution is -0.135. The third kappa shape index (κ3) is 5.80. The molecule has 10 heteroatoms. The van der Waals surface area contributed by atoms with Gasteiger partial charge in [0.1, 0.15) is 6.04 Å². The molecule has 0 spiro atoms. The van der Waals surface area contributed by atoms with Gasteiger partial charge in [0.2, 0.25) is 11.8 Å². The van der Waals surface area contributed by atoms with Crippen molar-refractivity contribution in [2.75, 3.05) is 24.6 Å². The molecule has 1 unspecified atom stereocenters. The molecule has 1 saturated heterocycles. The van der Waals surface area contributed by atoms with Crippen molar-refractivity contribution in [3.05, 3.63) is 41.4 Å². The summed E-state index contributed by atoms with van der Waals surface area (Å²) < 4.78 is 28.6. The minimum Gasteiger partial charge on any atom is -0.441 e. The Balaban J connectivity index is 1.47. The zero-order valence-corrected chi connectivity index (χ0v) is 17.5. The number of carbonyl (C=O) groups excluding carboxylic acids is 2. The normalized spacial score (nSPS) is 17.0. The van der Waals surface area contributed by atoms with E-state index in [1.807, 2.05) is 12.1 Å². The number of oxazole rings is 1. The van der Waals surface area contributed by atoms with Gasteiger partial charge in [0, 0.05) is 36.5 Å². The lowest BCUT2D eigenvalue weighted by atomic mass is 10.2. The van der Waals surface area contributed by atoms with Crippen molar-refractivity contribution in [1.82, 2.24) is 15.2 Å². The first kappa shape index (κ1) is 21.3. The molecule has 156 valence electrons. The quantitative estimate of drug-likeness (QED) is 0.733. The van der Waals surface area contributed by atoms with E-state index in [2.05, 4.69) is 10.3 Å². The van der Waals surface area contributed by atoms with Gasteiger partial charge in [-0.2, -0.15) is 0 Å². The number of amides is 2. The average Bonchev–Trinajstić information content (AvgIpc) is 3.15. The van der Waals surface area contributed by atoms with E-state index >= 15 is 0 Å². The van der Waals surface area contributed by atoms with Crippen molar-refractivity contribution in [1.29, 1.82) is 0 Å². The van der Waals surface area contributed by atoms with Crippen molar-refractivity contribution >= 4 is 33.3 Å². The van der Waals surface area contributed by atoms with Crippen LogP contribution in [0.15, 0.2) is 34.9 Å². The summed E-state index contributed by atoms with van der Waals surface area (Å²) >= 11 is 5.87. The second kappa shape index (κ2) is 8.96. The van der Waals surface area contributed by atoms with E-state index in [9.17, 15) is 18.0 Å². The van der Waals surface area contributed by atoms with Crippen molar-refractivity contribution in [2.45, 2.75) is 25.8 Å². The zero-order valence-electron chi connectivity index (χ0n) is 15.9. The molecule has 2 heterocycles. The van der Waals surface area contributed by atoms with Crippen LogP contribution in [0, 0.1) is 0 Å². The molecule has 2 aromatic rings. The SMILES string of the molecule is CC(NC(=O)CCc1ncc(-c2ccc(Cl)cc2)o1)C(=O)N1CCS(=O)(=O)CC1. The second-order valence-electron chi connectivity index (χ2n) is 6.89. The molecule has 1 fully saturated rings. The number of halogens is 1. The molecule has 0 saturated carbocycles. The molecule has 1 atom stereocenters. The van der Waals surface area contributed by atoms with Crippen LogP contribution in [-0.2, 0) is 25.8 Å². The molecule has 1 N–H and O–H groups in total. The summed E-state index contributed by atoms with van der Waals surface area (Å²) in [7, 11) is -3.06. The molecule has 0 radical (unpaired) electrons. The largest absolute Gasteiger partial charge is 0.441 e. The average molecular weight is 440 g/mol. The third-order valence-electron chi connectivity index (χ3n) is 4.65. The lowest BCUT2D eigenvalue weighted by Crippen LogP contribution is -2.51. The van der Waals surface area contributed by atoms with E-state index in [4.69, 9.17) is 16.0 Å². The summed E-state index contributed by atoms with van der Waals surface area (Å²) in [6.45, 7) is 1.91. The van der Waals surface area contributed by atoms with E-state index in [0.29, 0.717) is 23.1 Å². The van der Waals surface area contributed by atoms with E-state index in [1.165, 1.54) is 4.90 Å². The fourth-order valence-electron chi connectivity index (χ4n) is 2.98. The number of benzene rings is 1. The topological polar surface area (TPSA) is 110 Å². The Labute approximate surface area is 174 Å².